The minimum atomic E-state index is -0.397. The zero-order valence-electron chi connectivity index (χ0n) is 21.1. The fourth-order valence-corrected chi connectivity index (χ4v) is 3.55. The van der Waals surface area contributed by atoms with Gasteiger partial charge in [-0.2, -0.15) is 5.10 Å². The number of nitrogens with zero attached hydrogens (tertiary/aromatic N) is 1. The fourth-order valence-electron chi connectivity index (χ4n) is 3.42. The van der Waals surface area contributed by atoms with E-state index in [0.29, 0.717) is 40.1 Å². The molecule has 0 atom stereocenters. The van der Waals surface area contributed by atoms with Gasteiger partial charge in [0.2, 0.25) is 0 Å². The van der Waals surface area contributed by atoms with Crippen molar-refractivity contribution >= 4 is 35.3 Å². The van der Waals surface area contributed by atoms with Crippen LogP contribution in [0, 0.1) is 0 Å². The first-order valence-corrected chi connectivity index (χ1v) is 12.3. The number of hydrogen-bond donors (Lipinski definition) is 2. The topological polar surface area (TPSA) is 98.3 Å². The van der Waals surface area contributed by atoms with Crippen LogP contribution in [0.2, 0.25) is 5.02 Å². The molecule has 2 amide bonds. The second kappa shape index (κ2) is 13.6. The molecule has 0 bridgehead atoms. The molecule has 4 aromatic carbocycles. The fraction of sp³-hybridized carbons (Fsp3) is 0.100. The molecule has 0 unspecified atom stereocenters. The first kappa shape index (κ1) is 27.2. The van der Waals surface area contributed by atoms with Crippen LogP contribution in [0.1, 0.15) is 21.5 Å². The lowest BCUT2D eigenvalue weighted by molar-refractivity contribution is -0.118. The average Bonchev–Trinajstić information content (AvgIpc) is 2.97. The molecule has 4 rings (SSSR count). The minimum Gasteiger partial charge on any atom is -0.493 e. The summed E-state index contributed by atoms with van der Waals surface area (Å²) in [5, 5.41) is 7.33. The number of halogens is 1. The van der Waals surface area contributed by atoms with Crippen molar-refractivity contribution in [2.75, 3.05) is 19.0 Å². The van der Waals surface area contributed by atoms with Gasteiger partial charge in [0, 0.05) is 16.3 Å². The van der Waals surface area contributed by atoms with Crippen LogP contribution in [-0.4, -0.2) is 31.7 Å². The second-order valence-electron chi connectivity index (χ2n) is 8.25. The molecule has 0 fully saturated rings. The van der Waals surface area contributed by atoms with Crippen molar-refractivity contribution in [1.29, 1.82) is 0 Å². The number of nitrogens with one attached hydrogen (secondary N) is 2. The molecule has 8 nitrogen and oxygen atoms in total. The predicted molar refractivity (Wildman–Crippen MR) is 151 cm³/mol. The van der Waals surface area contributed by atoms with Gasteiger partial charge in [-0.1, -0.05) is 41.9 Å². The summed E-state index contributed by atoms with van der Waals surface area (Å²) in [5.74, 6) is 0.805. The molecule has 198 valence electrons. The van der Waals surface area contributed by atoms with Gasteiger partial charge in [0.1, 0.15) is 12.4 Å². The Balaban J connectivity index is 1.25. The van der Waals surface area contributed by atoms with E-state index in [2.05, 4.69) is 15.8 Å². The number of hydrazone groups is 1. The summed E-state index contributed by atoms with van der Waals surface area (Å²) < 4.78 is 16.7. The summed E-state index contributed by atoms with van der Waals surface area (Å²) in [4.78, 5) is 24.6. The van der Waals surface area contributed by atoms with Gasteiger partial charge < -0.3 is 19.5 Å². The smallest absolute Gasteiger partial charge is 0.271 e. The quantitative estimate of drug-likeness (QED) is 0.186. The van der Waals surface area contributed by atoms with E-state index < -0.39 is 5.91 Å². The molecule has 2 N–H and O–H groups in total. The zero-order chi connectivity index (χ0) is 27.5. The highest BCUT2D eigenvalue weighted by molar-refractivity contribution is 6.30. The van der Waals surface area contributed by atoms with Crippen molar-refractivity contribution in [3.8, 4) is 17.2 Å². The van der Waals surface area contributed by atoms with Crippen LogP contribution in [-0.2, 0) is 11.4 Å². The Morgan fingerprint density at radius 1 is 0.872 bits per heavy atom. The minimum absolute atomic E-state index is 0.147. The lowest BCUT2D eigenvalue weighted by Gasteiger charge is -2.12. The Morgan fingerprint density at radius 2 is 1.62 bits per heavy atom. The number of hydrogen-bond acceptors (Lipinski definition) is 6. The molecular weight excluding hydrogens is 518 g/mol. The van der Waals surface area contributed by atoms with Gasteiger partial charge in [-0.25, -0.2) is 5.43 Å². The molecule has 0 aromatic heterocycles. The van der Waals surface area contributed by atoms with E-state index in [0.717, 1.165) is 11.1 Å². The van der Waals surface area contributed by atoms with E-state index >= 15 is 0 Å². The Morgan fingerprint density at radius 3 is 2.33 bits per heavy atom. The van der Waals surface area contributed by atoms with Crippen LogP contribution in [0.3, 0.4) is 0 Å². The van der Waals surface area contributed by atoms with Crippen LogP contribution >= 0.6 is 11.6 Å². The third-order valence-corrected chi connectivity index (χ3v) is 5.67. The Hall–Kier alpha value is -4.82. The maximum atomic E-state index is 12.6. The van der Waals surface area contributed by atoms with Gasteiger partial charge in [0.05, 0.1) is 13.3 Å². The maximum absolute atomic E-state index is 12.6. The predicted octanol–water partition coefficient (Wildman–Crippen LogP) is 5.71. The standard InChI is InChI=1S/C30H26ClN3O5/c1-37-28-17-23(9-16-27(28)39-19-22-5-3-2-4-6-22)30(36)34-32-18-21-7-14-26(15-8-21)38-20-29(35)33-25-12-10-24(31)11-13-25/h2-18H,19-20H2,1H3,(H,33,35)(H,34,36)/b32-18+. The molecule has 0 heterocycles. The number of methoxy groups -OCH3 is 1. The van der Waals surface area contributed by atoms with Crippen LogP contribution in [0.5, 0.6) is 17.2 Å². The van der Waals surface area contributed by atoms with Crippen LogP contribution in [0.25, 0.3) is 0 Å². The molecule has 39 heavy (non-hydrogen) atoms. The number of anilines is 1. The van der Waals surface area contributed by atoms with E-state index in [-0.39, 0.29) is 12.5 Å². The summed E-state index contributed by atoms with van der Waals surface area (Å²) in [7, 11) is 1.52. The van der Waals surface area contributed by atoms with E-state index in [4.69, 9.17) is 25.8 Å². The van der Waals surface area contributed by atoms with Crippen molar-refractivity contribution in [3.05, 3.63) is 119 Å². The summed E-state index contributed by atoms with van der Waals surface area (Å²) >= 11 is 5.84. The SMILES string of the molecule is COc1cc(C(=O)N/N=C/c2ccc(OCC(=O)Nc3ccc(Cl)cc3)cc2)ccc1OCc1ccccc1. The molecule has 0 aliphatic heterocycles. The molecule has 0 radical (unpaired) electrons. The van der Waals surface area contributed by atoms with Gasteiger partial charge in [-0.05, 0) is 77.9 Å². The number of rotatable bonds is 11. The molecule has 0 aliphatic rings. The zero-order valence-corrected chi connectivity index (χ0v) is 21.9. The molecule has 4 aromatic rings. The van der Waals surface area contributed by atoms with Crippen molar-refractivity contribution in [2.24, 2.45) is 5.10 Å². The van der Waals surface area contributed by atoms with Crippen molar-refractivity contribution in [1.82, 2.24) is 5.43 Å². The van der Waals surface area contributed by atoms with Crippen molar-refractivity contribution < 1.29 is 23.8 Å². The lowest BCUT2D eigenvalue weighted by atomic mass is 10.2. The Labute approximate surface area is 231 Å². The Bertz CT molecular complexity index is 1430. The highest BCUT2D eigenvalue weighted by atomic mass is 35.5. The normalized spacial score (nSPS) is 10.6. The van der Waals surface area contributed by atoms with Crippen molar-refractivity contribution in [3.63, 3.8) is 0 Å². The van der Waals surface area contributed by atoms with E-state index in [1.165, 1.54) is 13.3 Å². The van der Waals surface area contributed by atoms with Gasteiger partial charge in [-0.3, -0.25) is 9.59 Å². The van der Waals surface area contributed by atoms with Crippen LogP contribution in [0.4, 0.5) is 5.69 Å². The van der Waals surface area contributed by atoms with Crippen LogP contribution < -0.4 is 25.0 Å². The second-order valence-corrected chi connectivity index (χ2v) is 8.69. The first-order valence-electron chi connectivity index (χ1n) is 12.0. The summed E-state index contributed by atoms with van der Waals surface area (Å²) in [6.45, 7) is 0.235. The molecule has 0 saturated carbocycles. The lowest BCUT2D eigenvalue weighted by Crippen LogP contribution is -2.20. The Kier molecular flexibility index (Phi) is 9.52. The molecule has 0 spiro atoms. The number of benzene rings is 4. The van der Waals surface area contributed by atoms with E-state index in [1.807, 2.05) is 30.3 Å². The molecule has 9 heteroatoms. The third kappa shape index (κ3) is 8.34. The van der Waals surface area contributed by atoms with E-state index in [1.54, 1.807) is 66.7 Å². The van der Waals surface area contributed by atoms with E-state index in [9.17, 15) is 9.59 Å². The van der Waals surface area contributed by atoms with Crippen molar-refractivity contribution in [2.45, 2.75) is 6.61 Å². The number of ether oxygens (including phenoxy) is 3. The largest absolute Gasteiger partial charge is 0.493 e. The first-order chi connectivity index (χ1) is 19.0. The molecule has 0 saturated heterocycles. The summed E-state index contributed by atoms with van der Waals surface area (Å²) in [6.07, 6.45) is 1.50. The third-order valence-electron chi connectivity index (χ3n) is 5.42. The van der Waals surface area contributed by atoms with Gasteiger partial charge in [-0.15, -0.1) is 0 Å². The molecular formula is C30H26ClN3O5. The molecule has 0 aliphatic carbocycles. The monoisotopic (exact) mass is 543 g/mol. The highest BCUT2D eigenvalue weighted by Gasteiger charge is 2.11. The summed E-state index contributed by atoms with van der Waals surface area (Å²) in [6, 6.07) is 28.4. The maximum Gasteiger partial charge on any atom is 0.271 e. The number of carbonyl (C=O) groups is 2. The van der Waals surface area contributed by atoms with Gasteiger partial charge in [0.15, 0.2) is 18.1 Å². The highest BCUT2D eigenvalue weighted by Crippen LogP contribution is 2.29. The number of amides is 2. The van der Waals surface area contributed by atoms with Gasteiger partial charge in [0.25, 0.3) is 11.8 Å². The van der Waals surface area contributed by atoms with Crippen LogP contribution in [0.15, 0.2) is 102 Å². The number of carbonyl (C=O) groups excluding carboxylic acids is 2. The van der Waals surface area contributed by atoms with Gasteiger partial charge >= 0.3 is 0 Å². The average molecular weight is 544 g/mol. The summed E-state index contributed by atoms with van der Waals surface area (Å²) in [5.41, 5.74) is 5.26.